The number of aromatic amines is 1. The van der Waals surface area contributed by atoms with Crippen LogP contribution in [0, 0.1) is 5.41 Å². The van der Waals surface area contributed by atoms with Crippen molar-refractivity contribution in [2.24, 2.45) is 5.41 Å². The first kappa shape index (κ1) is 14.8. The predicted molar refractivity (Wildman–Crippen MR) is 81.7 cm³/mol. The van der Waals surface area contributed by atoms with Gasteiger partial charge in [0.1, 0.15) is 0 Å². The molecule has 22 heavy (non-hydrogen) atoms. The fourth-order valence-electron chi connectivity index (χ4n) is 3.14. The molecule has 0 aliphatic heterocycles. The van der Waals surface area contributed by atoms with Crippen LogP contribution in [0.25, 0.3) is 11.1 Å². The second kappa shape index (κ2) is 4.98. The minimum atomic E-state index is -0.878. The van der Waals surface area contributed by atoms with Gasteiger partial charge in [-0.3, -0.25) is 9.78 Å². The lowest BCUT2D eigenvalue weighted by atomic mass is 9.78. The molecule has 1 aliphatic rings. The number of hydrogen-bond donors (Lipinski definition) is 3. The number of hydrogen-bond acceptors (Lipinski definition) is 4. The summed E-state index contributed by atoms with van der Waals surface area (Å²) in [6, 6.07) is 4.74. The lowest BCUT2D eigenvalue weighted by Crippen LogP contribution is -2.49. The minimum Gasteiger partial charge on any atom is -0.408 e. The lowest BCUT2D eigenvalue weighted by molar-refractivity contribution is -0.0394. The predicted octanol–water partition coefficient (Wildman–Crippen LogP) is 1.79. The van der Waals surface area contributed by atoms with Gasteiger partial charge >= 0.3 is 5.76 Å². The van der Waals surface area contributed by atoms with Crippen LogP contribution in [0.1, 0.15) is 43.5 Å². The van der Waals surface area contributed by atoms with Gasteiger partial charge in [-0.1, -0.05) is 13.8 Å². The van der Waals surface area contributed by atoms with Gasteiger partial charge in [0.05, 0.1) is 11.1 Å². The van der Waals surface area contributed by atoms with Gasteiger partial charge in [-0.25, -0.2) is 4.79 Å². The molecule has 0 bridgehead atoms. The van der Waals surface area contributed by atoms with E-state index in [0.717, 1.165) is 12.8 Å². The molecule has 1 heterocycles. The summed E-state index contributed by atoms with van der Waals surface area (Å²) in [6.45, 7) is 4.27. The molecule has 2 aromatic rings. The average molecular weight is 304 g/mol. The second-order valence-corrected chi connectivity index (χ2v) is 6.68. The average Bonchev–Trinajstić information content (AvgIpc) is 2.95. The number of carbonyl (C=O) groups is 1. The van der Waals surface area contributed by atoms with Crippen LogP contribution in [0.3, 0.4) is 0 Å². The molecule has 1 unspecified atom stereocenters. The maximum atomic E-state index is 12.3. The topological polar surface area (TPSA) is 95.3 Å². The summed E-state index contributed by atoms with van der Waals surface area (Å²) in [7, 11) is 0. The number of oxazole rings is 1. The number of rotatable bonds is 3. The number of nitrogens with one attached hydrogen (secondary N) is 2. The first-order valence-electron chi connectivity index (χ1n) is 7.44. The van der Waals surface area contributed by atoms with E-state index in [0.29, 0.717) is 23.1 Å². The van der Waals surface area contributed by atoms with Gasteiger partial charge in [-0.15, -0.1) is 0 Å². The van der Waals surface area contributed by atoms with E-state index in [9.17, 15) is 14.7 Å². The third-order valence-corrected chi connectivity index (χ3v) is 4.87. The summed E-state index contributed by atoms with van der Waals surface area (Å²) in [5.74, 6) is -0.824. The van der Waals surface area contributed by atoms with Crippen LogP contribution in [-0.4, -0.2) is 28.1 Å². The minimum absolute atomic E-state index is 0.208. The van der Waals surface area contributed by atoms with Crippen molar-refractivity contribution in [3.05, 3.63) is 34.3 Å². The number of carbonyl (C=O) groups excluding carboxylic acids is 1. The van der Waals surface area contributed by atoms with E-state index in [-0.39, 0.29) is 17.9 Å². The Kier molecular flexibility index (Phi) is 3.36. The van der Waals surface area contributed by atoms with Gasteiger partial charge in [0.15, 0.2) is 5.58 Å². The molecule has 6 heteroatoms. The van der Waals surface area contributed by atoms with E-state index in [2.05, 4.69) is 10.3 Å². The summed E-state index contributed by atoms with van der Waals surface area (Å²) in [5, 5.41) is 13.5. The summed E-state index contributed by atoms with van der Waals surface area (Å²) >= 11 is 0. The summed E-state index contributed by atoms with van der Waals surface area (Å²) in [4.78, 5) is 25.9. The molecule has 1 atom stereocenters. The van der Waals surface area contributed by atoms with Crippen molar-refractivity contribution in [1.82, 2.24) is 10.3 Å². The van der Waals surface area contributed by atoms with Crippen molar-refractivity contribution in [2.75, 3.05) is 6.54 Å². The largest absolute Gasteiger partial charge is 0.417 e. The van der Waals surface area contributed by atoms with Gasteiger partial charge in [-0.2, -0.15) is 0 Å². The van der Waals surface area contributed by atoms with Crippen LogP contribution in [0.4, 0.5) is 0 Å². The molecule has 0 saturated heterocycles. The highest BCUT2D eigenvalue weighted by Crippen LogP contribution is 2.45. The van der Waals surface area contributed by atoms with E-state index in [1.54, 1.807) is 18.2 Å². The Morgan fingerprint density at radius 3 is 2.86 bits per heavy atom. The van der Waals surface area contributed by atoms with Crippen molar-refractivity contribution in [3.8, 4) is 0 Å². The zero-order valence-corrected chi connectivity index (χ0v) is 12.7. The summed E-state index contributed by atoms with van der Waals surface area (Å²) in [5.41, 5.74) is 0.232. The molecule has 1 amide bonds. The first-order valence-corrected chi connectivity index (χ1v) is 7.44. The van der Waals surface area contributed by atoms with Crippen molar-refractivity contribution in [1.29, 1.82) is 0 Å². The summed E-state index contributed by atoms with van der Waals surface area (Å²) in [6.07, 6.45) is 2.59. The maximum absolute atomic E-state index is 12.3. The molecule has 118 valence electrons. The molecular weight excluding hydrogens is 284 g/mol. The normalized spacial score (nSPS) is 23.8. The van der Waals surface area contributed by atoms with Gasteiger partial charge in [0.25, 0.3) is 5.91 Å². The maximum Gasteiger partial charge on any atom is 0.417 e. The quantitative estimate of drug-likeness (QED) is 0.805. The number of H-pyrrole nitrogens is 1. The van der Waals surface area contributed by atoms with Gasteiger partial charge in [0.2, 0.25) is 0 Å². The molecule has 1 aromatic heterocycles. The first-order chi connectivity index (χ1) is 10.3. The van der Waals surface area contributed by atoms with Crippen molar-refractivity contribution in [3.63, 3.8) is 0 Å². The third kappa shape index (κ3) is 2.43. The van der Waals surface area contributed by atoms with Crippen LogP contribution in [0.2, 0.25) is 0 Å². The van der Waals surface area contributed by atoms with Crippen LogP contribution < -0.4 is 11.1 Å². The smallest absolute Gasteiger partial charge is 0.408 e. The van der Waals surface area contributed by atoms with E-state index in [1.165, 1.54) is 0 Å². The molecular formula is C16H20N2O4. The number of aliphatic hydroxyl groups is 1. The van der Waals surface area contributed by atoms with E-state index < -0.39 is 11.4 Å². The van der Waals surface area contributed by atoms with Crippen LogP contribution in [0.5, 0.6) is 0 Å². The molecule has 0 spiro atoms. The SMILES string of the molecule is CC1(C)CCCC1(O)CNC(=O)c1ccc2oc(=O)[nH]c2c1. The molecule has 6 nitrogen and oxygen atoms in total. The zero-order valence-electron chi connectivity index (χ0n) is 12.7. The zero-order chi connectivity index (χ0) is 16.0. The third-order valence-electron chi connectivity index (χ3n) is 4.87. The van der Waals surface area contributed by atoms with Crippen LogP contribution in [0.15, 0.2) is 27.4 Å². The monoisotopic (exact) mass is 304 g/mol. The molecule has 1 fully saturated rings. The van der Waals surface area contributed by atoms with E-state index in [4.69, 9.17) is 4.42 Å². The molecule has 3 rings (SSSR count). The number of aromatic nitrogens is 1. The molecule has 1 saturated carbocycles. The number of fused-ring (bicyclic) bond motifs is 1. The fraction of sp³-hybridized carbons (Fsp3) is 0.500. The Bertz CT molecular complexity index is 774. The Balaban J connectivity index is 1.74. The Labute approximate surface area is 127 Å². The molecule has 1 aliphatic carbocycles. The molecule has 1 aromatic carbocycles. The van der Waals surface area contributed by atoms with Crippen molar-refractivity contribution in [2.45, 2.75) is 38.7 Å². The Morgan fingerprint density at radius 1 is 1.41 bits per heavy atom. The lowest BCUT2D eigenvalue weighted by Gasteiger charge is -2.36. The van der Waals surface area contributed by atoms with E-state index in [1.807, 2.05) is 13.8 Å². The second-order valence-electron chi connectivity index (χ2n) is 6.68. The van der Waals surface area contributed by atoms with Crippen molar-refractivity contribution < 1.29 is 14.3 Å². The molecule has 3 N–H and O–H groups in total. The highest BCUT2D eigenvalue weighted by Gasteiger charge is 2.47. The highest BCUT2D eigenvalue weighted by molar-refractivity contribution is 5.97. The Morgan fingerprint density at radius 2 is 2.18 bits per heavy atom. The van der Waals surface area contributed by atoms with Crippen molar-refractivity contribution >= 4 is 17.0 Å². The summed E-state index contributed by atoms with van der Waals surface area (Å²) < 4.78 is 4.90. The number of benzene rings is 1. The van der Waals surface area contributed by atoms with Gasteiger partial charge in [-0.05, 0) is 42.9 Å². The van der Waals surface area contributed by atoms with Gasteiger partial charge in [0, 0.05) is 12.1 Å². The van der Waals surface area contributed by atoms with E-state index >= 15 is 0 Å². The highest BCUT2D eigenvalue weighted by atomic mass is 16.4. The Hall–Kier alpha value is -2.08. The van der Waals surface area contributed by atoms with Crippen LogP contribution in [-0.2, 0) is 0 Å². The fourth-order valence-corrected chi connectivity index (χ4v) is 3.14. The number of amides is 1. The molecule has 0 radical (unpaired) electrons. The standard InChI is InChI=1S/C16H20N2O4/c1-15(2)6-3-7-16(15,21)9-17-13(19)10-4-5-12-11(8-10)18-14(20)22-12/h4-5,8,21H,3,6-7,9H2,1-2H3,(H,17,19)(H,18,20). The van der Waals surface area contributed by atoms with Gasteiger partial charge < -0.3 is 14.8 Å². The van der Waals surface area contributed by atoms with Crippen LogP contribution >= 0.6 is 0 Å².